The van der Waals surface area contributed by atoms with Crippen molar-refractivity contribution < 1.29 is 17.5 Å². The highest BCUT2D eigenvalue weighted by atomic mass is 32.7. The third-order valence-electron chi connectivity index (χ3n) is 1.53. The van der Waals surface area contributed by atoms with Gasteiger partial charge in [-0.15, -0.1) is 10.7 Å². The highest BCUT2D eigenvalue weighted by molar-refractivity contribution is 8.56. The first-order chi connectivity index (χ1) is 7.31. The van der Waals surface area contributed by atoms with Crippen LogP contribution in [0.15, 0.2) is 12.7 Å². The molecule has 0 aromatic heterocycles. The summed E-state index contributed by atoms with van der Waals surface area (Å²) in [5.41, 5.74) is 0. The molecule has 0 bridgehead atoms. The van der Waals surface area contributed by atoms with Gasteiger partial charge in [-0.3, -0.25) is 4.57 Å². The molecule has 0 radical (unpaired) electrons. The van der Waals surface area contributed by atoms with Gasteiger partial charge in [-0.2, -0.15) is 0 Å². The molecule has 1 atom stereocenters. The summed E-state index contributed by atoms with van der Waals surface area (Å²) in [5.74, 6) is 0.514. The van der Waals surface area contributed by atoms with Crippen molar-refractivity contribution in [2.24, 2.45) is 0 Å². The van der Waals surface area contributed by atoms with Crippen LogP contribution in [0.4, 0.5) is 0 Å². The maximum absolute atomic E-state index is 12.4. The van der Waals surface area contributed by atoms with Gasteiger partial charge in [0.25, 0.3) is 0 Å². The van der Waals surface area contributed by atoms with Gasteiger partial charge in [0.2, 0.25) is 10.0 Å². The Balaban J connectivity index is 5.26. The lowest BCUT2D eigenvalue weighted by Gasteiger charge is -2.26. The van der Waals surface area contributed by atoms with E-state index in [1.165, 1.54) is 6.08 Å². The maximum atomic E-state index is 12.4. The molecule has 0 heterocycles. The van der Waals surface area contributed by atoms with Gasteiger partial charge in [-0.25, -0.2) is 8.42 Å². The molecule has 0 rings (SSSR count). The Kier molecular flexibility index (Phi) is 6.89. The zero-order chi connectivity index (χ0) is 12.8. The van der Waals surface area contributed by atoms with Crippen LogP contribution >= 0.6 is 18.1 Å². The molecule has 0 N–H and O–H groups in total. The van der Waals surface area contributed by atoms with Crippen molar-refractivity contribution in [1.82, 2.24) is 4.08 Å². The van der Waals surface area contributed by atoms with Gasteiger partial charge < -0.3 is 4.52 Å². The van der Waals surface area contributed by atoms with Gasteiger partial charge in [-0.05, 0) is 6.92 Å². The molecule has 0 aliphatic rings. The van der Waals surface area contributed by atoms with E-state index in [0.717, 1.165) is 21.7 Å². The molecule has 0 aliphatic carbocycles. The maximum Gasteiger partial charge on any atom is 0.342 e. The minimum atomic E-state index is -3.58. The van der Waals surface area contributed by atoms with Crippen molar-refractivity contribution in [3.05, 3.63) is 12.7 Å². The summed E-state index contributed by atoms with van der Waals surface area (Å²) in [6, 6.07) is 0. The molecular formula is C8H18NO4PS2. The molecule has 96 valence electrons. The van der Waals surface area contributed by atoms with Gasteiger partial charge in [0.1, 0.15) is 0 Å². The highest BCUT2D eigenvalue weighted by Gasteiger charge is 2.37. The van der Waals surface area contributed by atoms with Crippen molar-refractivity contribution in [2.45, 2.75) is 13.8 Å². The Bertz CT molecular complexity index is 358. The minimum absolute atomic E-state index is 0.0108. The second-order valence-electron chi connectivity index (χ2n) is 2.86. The number of nitrogens with zero attached hydrogens (tertiary/aromatic N) is 1. The quantitative estimate of drug-likeness (QED) is 0.506. The van der Waals surface area contributed by atoms with Gasteiger partial charge in [0.15, 0.2) is 0 Å². The largest absolute Gasteiger partial charge is 0.342 e. The third kappa shape index (κ3) is 4.59. The molecular weight excluding hydrogens is 269 g/mol. The van der Waals surface area contributed by atoms with E-state index in [1.54, 1.807) is 13.8 Å². The fourth-order valence-electron chi connectivity index (χ4n) is 1.02. The third-order valence-corrected chi connectivity index (χ3v) is 8.83. The zero-order valence-corrected chi connectivity index (χ0v) is 12.3. The summed E-state index contributed by atoms with van der Waals surface area (Å²) in [4.78, 5) is 0. The van der Waals surface area contributed by atoms with Crippen LogP contribution in [0.5, 0.6) is 0 Å². The van der Waals surface area contributed by atoms with Crippen LogP contribution in [0.1, 0.15) is 13.8 Å². The molecule has 0 saturated heterocycles. The van der Waals surface area contributed by atoms with Gasteiger partial charge in [0.05, 0.1) is 12.9 Å². The molecule has 0 amide bonds. The summed E-state index contributed by atoms with van der Waals surface area (Å²) in [6.45, 7) is 3.74. The second kappa shape index (κ2) is 6.81. The predicted octanol–water partition coefficient (Wildman–Crippen LogP) is 2.33. The molecule has 0 aromatic carbocycles. The summed E-state index contributed by atoms with van der Waals surface area (Å²) in [6.07, 6.45) is 2.40. The van der Waals surface area contributed by atoms with Gasteiger partial charge >= 0.3 is 6.72 Å². The summed E-state index contributed by atoms with van der Waals surface area (Å²) in [7, 11) is -3.58. The van der Waals surface area contributed by atoms with Crippen LogP contribution in [0.25, 0.3) is 0 Å². The number of hydrogen-bond donors (Lipinski definition) is 0. The molecule has 0 spiro atoms. The van der Waals surface area contributed by atoms with Crippen molar-refractivity contribution in [3.63, 3.8) is 0 Å². The molecule has 0 fully saturated rings. The van der Waals surface area contributed by atoms with Crippen molar-refractivity contribution in [3.8, 4) is 0 Å². The molecule has 0 aromatic rings. The first-order valence-electron chi connectivity index (χ1n) is 4.80. The van der Waals surface area contributed by atoms with Crippen LogP contribution in [-0.2, 0) is 19.1 Å². The predicted molar refractivity (Wildman–Crippen MR) is 69.1 cm³/mol. The lowest BCUT2D eigenvalue weighted by Crippen LogP contribution is -2.27. The normalized spacial score (nSPS) is 16.0. The highest BCUT2D eigenvalue weighted by Crippen LogP contribution is 2.63. The van der Waals surface area contributed by atoms with E-state index in [9.17, 15) is 13.0 Å². The molecule has 8 heteroatoms. The molecule has 5 nitrogen and oxygen atoms in total. The molecule has 1 unspecified atom stereocenters. The zero-order valence-electron chi connectivity index (χ0n) is 9.75. The van der Waals surface area contributed by atoms with E-state index in [4.69, 9.17) is 4.52 Å². The standard InChI is InChI=1S/C8H18NO4PS2/c1-5-8-9(16(4,11)12)14(10,13-6-2)15-7-3/h5H,1,6-8H2,2-4H3. The van der Waals surface area contributed by atoms with Crippen molar-refractivity contribution in [2.75, 3.05) is 25.2 Å². The van der Waals surface area contributed by atoms with Crippen LogP contribution in [0.2, 0.25) is 0 Å². The number of rotatable bonds is 8. The fourth-order valence-corrected chi connectivity index (χ4v) is 7.91. The summed E-state index contributed by atoms with van der Waals surface area (Å²) in [5, 5.41) is 0. The Morgan fingerprint density at radius 3 is 2.38 bits per heavy atom. The number of hydrogen-bond acceptors (Lipinski definition) is 5. The Labute approximate surface area is 102 Å². The monoisotopic (exact) mass is 287 g/mol. The van der Waals surface area contributed by atoms with Gasteiger partial charge in [0, 0.05) is 12.3 Å². The topological polar surface area (TPSA) is 63.7 Å². The first-order valence-corrected chi connectivity index (χ1v) is 9.81. The number of sulfonamides is 1. The van der Waals surface area contributed by atoms with E-state index in [2.05, 4.69) is 6.58 Å². The van der Waals surface area contributed by atoms with Crippen LogP contribution < -0.4 is 0 Å². The molecule has 0 aliphatic heterocycles. The van der Waals surface area contributed by atoms with E-state index >= 15 is 0 Å². The SMILES string of the molecule is C=CCN(P(=O)(OCC)SCC)S(C)(=O)=O. The lowest BCUT2D eigenvalue weighted by atomic mass is 10.7. The minimum Gasteiger partial charge on any atom is -0.309 e. The average Bonchev–Trinajstić information content (AvgIpc) is 2.13. The lowest BCUT2D eigenvalue weighted by molar-refractivity contribution is 0.321. The smallest absolute Gasteiger partial charge is 0.309 e. The van der Waals surface area contributed by atoms with Crippen LogP contribution in [0.3, 0.4) is 0 Å². The van der Waals surface area contributed by atoms with Crippen LogP contribution in [-0.4, -0.2) is 37.7 Å². The van der Waals surface area contributed by atoms with Gasteiger partial charge in [-0.1, -0.05) is 24.4 Å². The average molecular weight is 287 g/mol. The van der Waals surface area contributed by atoms with E-state index in [0.29, 0.717) is 5.75 Å². The van der Waals surface area contributed by atoms with E-state index in [1.807, 2.05) is 0 Å². The Morgan fingerprint density at radius 2 is 2.06 bits per heavy atom. The summed E-state index contributed by atoms with van der Waals surface area (Å²) >= 11 is 1.01. The Morgan fingerprint density at radius 1 is 1.50 bits per heavy atom. The van der Waals surface area contributed by atoms with Crippen LogP contribution in [0, 0.1) is 0 Å². The first kappa shape index (κ1) is 16.2. The molecule has 16 heavy (non-hydrogen) atoms. The van der Waals surface area contributed by atoms with E-state index < -0.39 is 16.7 Å². The van der Waals surface area contributed by atoms with E-state index in [-0.39, 0.29) is 13.2 Å². The fraction of sp³-hybridized carbons (Fsp3) is 0.750. The van der Waals surface area contributed by atoms with Crippen molar-refractivity contribution >= 4 is 28.1 Å². The molecule has 0 saturated carbocycles. The summed E-state index contributed by atoms with van der Waals surface area (Å²) < 4.78 is 41.5. The second-order valence-corrected chi connectivity index (χ2v) is 9.71. The Hall–Kier alpha value is 0.190. The van der Waals surface area contributed by atoms with Crippen molar-refractivity contribution in [1.29, 1.82) is 0 Å².